The number of H-pyrrole nitrogens is 1. The lowest BCUT2D eigenvalue weighted by atomic mass is 9.93. The molecule has 0 aliphatic carbocycles. The van der Waals surface area contributed by atoms with E-state index in [1.165, 1.54) is 4.52 Å². The maximum absolute atomic E-state index is 12.5. The molecule has 0 bridgehead atoms. The first kappa shape index (κ1) is 15.4. The zero-order valence-corrected chi connectivity index (χ0v) is 14.3. The second kappa shape index (κ2) is 6.07. The summed E-state index contributed by atoms with van der Waals surface area (Å²) in [6, 6.07) is 9.27. The van der Waals surface area contributed by atoms with Crippen molar-refractivity contribution in [3.63, 3.8) is 0 Å². The Morgan fingerprint density at radius 2 is 2.04 bits per heavy atom. The summed E-state index contributed by atoms with van der Waals surface area (Å²) in [5.74, 6) is 0.348. The highest BCUT2D eigenvalue weighted by Gasteiger charge is 2.21. The van der Waals surface area contributed by atoms with Crippen LogP contribution in [0.4, 0.5) is 0 Å². The van der Waals surface area contributed by atoms with Crippen LogP contribution in [0.3, 0.4) is 0 Å². The number of likely N-dealkylation sites (tertiary alicyclic amines) is 1. The Kier molecular flexibility index (Phi) is 3.90. The molecular formula is C18H19ClN4O. The Balaban J connectivity index is 1.81. The Morgan fingerprint density at radius 1 is 1.25 bits per heavy atom. The molecule has 6 heteroatoms. The van der Waals surface area contributed by atoms with Crippen molar-refractivity contribution < 1.29 is 0 Å². The Bertz CT molecular complexity index is 938. The third kappa shape index (κ3) is 2.74. The number of benzene rings is 1. The van der Waals surface area contributed by atoms with E-state index in [9.17, 15) is 4.79 Å². The average molecular weight is 343 g/mol. The molecule has 1 saturated heterocycles. The van der Waals surface area contributed by atoms with Crippen LogP contribution in [-0.4, -0.2) is 39.6 Å². The topological polar surface area (TPSA) is 53.4 Å². The van der Waals surface area contributed by atoms with Gasteiger partial charge in [0.05, 0.1) is 5.69 Å². The highest BCUT2D eigenvalue weighted by molar-refractivity contribution is 6.30. The maximum Gasteiger partial charge on any atom is 0.272 e. The first-order valence-corrected chi connectivity index (χ1v) is 8.55. The number of aromatic nitrogens is 3. The van der Waals surface area contributed by atoms with Crippen molar-refractivity contribution in [1.29, 1.82) is 0 Å². The summed E-state index contributed by atoms with van der Waals surface area (Å²) in [6.45, 7) is 2.08. The normalized spacial score (nSPS) is 16.8. The van der Waals surface area contributed by atoms with Crippen LogP contribution in [0.25, 0.3) is 16.8 Å². The average Bonchev–Trinajstić information content (AvgIpc) is 3.00. The number of fused-ring (bicyclic) bond motifs is 1. The van der Waals surface area contributed by atoms with Crippen LogP contribution in [0.15, 0.2) is 41.3 Å². The molecule has 124 valence electrons. The van der Waals surface area contributed by atoms with Crippen LogP contribution in [0.5, 0.6) is 0 Å². The van der Waals surface area contributed by atoms with E-state index in [1.807, 2.05) is 30.5 Å². The van der Waals surface area contributed by atoms with E-state index in [0.29, 0.717) is 16.6 Å². The number of hydrogen-bond donors (Lipinski definition) is 1. The lowest BCUT2D eigenvalue weighted by Crippen LogP contribution is -2.30. The van der Waals surface area contributed by atoms with Gasteiger partial charge in [0.25, 0.3) is 5.56 Å². The fraction of sp³-hybridized carbons (Fsp3) is 0.333. The minimum atomic E-state index is -0.0674. The number of aromatic amines is 1. The smallest absolute Gasteiger partial charge is 0.272 e. The summed E-state index contributed by atoms with van der Waals surface area (Å²) in [4.78, 5) is 19.6. The summed E-state index contributed by atoms with van der Waals surface area (Å²) < 4.78 is 1.49. The number of nitrogens with zero attached hydrogens (tertiary/aromatic N) is 3. The van der Waals surface area contributed by atoms with Gasteiger partial charge in [0.2, 0.25) is 0 Å². The van der Waals surface area contributed by atoms with Crippen LogP contribution in [0, 0.1) is 0 Å². The van der Waals surface area contributed by atoms with Gasteiger partial charge in [-0.25, -0.2) is 9.50 Å². The Hall–Kier alpha value is -2.11. The first-order valence-electron chi connectivity index (χ1n) is 8.17. The largest absolute Gasteiger partial charge is 0.306 e. The summed E-state index contributed by atoms with van der Waals surface area (Å²) >= 11 is 6.11. The fourth-order valence-electron chi connectivity index (χ4n) is 3.38. The maximum atomic E-state index is 12.5. The summed E-state index contributed by atoms with van der Waals surface area (Å²) in [6.07, 6.45) is 3.89. The van der Waals surface area contributed by atoms with Crippen LogP contribution in [0.1, 0.15) is 24.5 Å². The second-order valence-electron chi connectivity index (χ2n) is 6.45. The summed E-state index contributed by atoms with van der Waals surface area (Å²) in [5.41, 5.74) is 3.34. The van der Waals surface area contributed by atoms with Crippen molar-refractivity contribution in [2.24, 2.45) is 0 Å². The molecule has 0 saturated carbocycles. The van der Waals surface area contributed by atoms with Crippen LogP contribution in [0.2, 0.25) is 5.02 Å². The third-order valence-electron chi connectivity index (χ3n) is 4.79. The molecule has 1 aromatic carbocycles. The van der Waals surface area contributed by atoms with Gasteiger partial charge in [0, 0.05) is 28.8 Å². The highest BCUT2D eigenvalue weighted by Crippen LogP contribution is 2.29. The third-order valence-corrected chi connectivity index (χ3v) is 5.02. The lowest BCUT2D eigenvalue weighted by molar-refractivity contribution is 0.253. The molecule has 1 N–H and O–H groups in total. The fourth-order valence-corrected chi connectivity index (χ4v) is 3.57. The summed E-state index contributed by atoms with van der Waals surface area (Å²) in [5, 5.41) is 3.67. The van der Waals surface area contributed by atoms with Gasteiger partial charge >= 0.3 is 0 Å². The minimum absolute atomic E-state index is 0.0674. The zero-order chi connectivity index (χ0) is 16.7. The van der Waals surface area contributed by atoms with E-state index >= 15 is 0 Å². The van der Waals surface area contributed by atoms with Gasteiger partial charge in [-0.2, -0.15) is 0 Å². The van der Waals surface area contributed by atoms with Crippen molar-refractivity contribution in [3.05, 3.63) is 57.6 Å². The van der Waals surface area contributed by atoms with E-state index in [4.69, 9.17) is 16.6 Å². The van der Waals surface area contributed by atoms with Crippen molar-refractivity contribution in [2.45, 2.75) is 18.8 Å². The van der Waals surface area contributed by atoms with E-state index in [2.05, 4.69) is 17.0 Å². The number of nitrogens with one attached hydrogen (secondary N) is 1. The van der Waals surface area contributed by atoms with Crippen molar-refractivity contribution in [2.75, 3.05) is 20.1 Å². The monoisotopic (exact) mass is 342 g/mol. The standard InChI is InChI=1S/C18H19ClN4O/c1-22-7-5-12(6-8-22)16-10-17(24)23-18(21-16)15(11-20-23)13-3-2-4-14(19)9-13/h2-4,9-12,20H,5-8H2,1H3. The molecule has 0 spiro atoms. The molecule has 0 radical (unpaired) electrons. The molecule has 3 heterocycles. The van der Waals surface area contributed by atoms with Gasteiger partial charge in [-0.1, -0.05) is 23.7 Å². The van der Waals surface area contributed by atoms with Crippen LogP contribution < -0.4 is 5.56 Å². The molecule has 2 aromatic heterocycles. The van der Waals surface area contributed by atoms with Crippen LogP contribution >= 0.6 is 11.6 Å². The number of piperidine rings is 1. The van der Waals surface area contributed by atoms with Gasteiger partial charge in [-0.15, -0.1) is 0 Å². The summed E-state index contributed by atoms with van der Waals surface area (Å²) in [7, 11) is 2.13. The van der Waals surface area contributed by atoms with Crippen LogP contribution in [-0.2, 0) is 0 Å². The number of halogens is 1. The van der Waals surface area contributed by atoms with Gasteiger partial charge in [0.1, 0.15) is 0 Å². The molecule has 4 rings (SSSR count). The second-order valence-corrected chi connectivity index (χ2v) is 6.89. The number of rotatable bonds is 2. The molecule has 5 nitrogen and oxygen atoms in total. The lowest BCUT2D eigenvalue weighted by Gasteiger charge is -2.28. The SMILES string of the molecule is CN1CCC(c2cc(=O)n3[nH]cc(-c4cccc(Cl)c4)c3n2)CC1. The zero-order valence-electron chi connectivity index (χ0n) is 13.5. The predicted molar refractivity (Wildman–Crippen MR) is 95.7 cm³/mol. The number of hydrogen-bond acceptors (Lipinski definition) is 3. The molecule has 0 atom stereocenters. The molecule has 0 amide bonds. The Labute approximate surface area is 144 Å². The van der Waals surface area contributed by atoms with E-state index in [1.54, 1.807) is 6.07 Å². The molecule has 1 aliphatic heterocycles. The van der Waals surface area contributed by atoms with E-state index < -0.39 is 0 Å². The van der Waals surface area contributed by atoms with Gasteiger partial charge < -0.3 is 4.90 Å². The van der Waals surface area contributed by atoms with E-state index in [-0.39, 0.29) is 5.56 Å². The van der Waals surface area contributed by atoms with Crippen molar-refractivity contribution in [3.8, 4) is 11.1 Å². The van der Waals surface area contributed by atoms with Crippen molar-refractivity contribution >= 4 is 17.2 Å². The molecular weight excluding hydrogens is 324 g/mol. The molecule has 1 aliphatic rings. The molecule has 1 fully saturated rings. The van der Waals surface area contributed by atoms with Crippen molar-refractivity contribution in [1.82, 2.24) is 19.5 Å². The molecule has 3 aromatic rings. The minimum Gasteiger partial charge on any atom is -0.306 e. The quantitative estimate of drug-likeness (QED) is 0.778. The molecule has 24 heavy (non-hydrogen) atoms. The van der Waals surface area contributed by atoms with Gasteiger partial charge in [-0.05, 0) is 50.7 Å². The highest BCUT2D eigenvalue weighted by atomic mass is 35.5. The Morgan fingerprint density at radius 3 is 2.79 bits per heavy atom. The predicted octanol–water partition coefficient (Wildman–Crippen LogP) is 3.15. The molecule has 0 unspecified atom stereocenters. The first-order chi connectivity index (χ1) is 11.6. The van der Waals surface area contributed by atoms with E-state index in [0.717, 1.165) is 42.8 Å². The van der Waals surface area contributed by atoms with Gasteiger partial charge in [0.15, 0.2) is 5.65 Å². The van der Waals surface area contributed by atoms with Gasteiger partial charge in [-0.3, -0.25) is 9.89 Å².